The first-order valence-corrected chi connectivity index (χ1v) is 22.0. The second-order valence-corrected chi connectivity index (χ2v) is 19.6. The Morgan fingerprint density at radius 3 is 1.22 bits per heavy atom. The molecule has 8 bridgehead atoms. The van der Waals surface area contributed by atoms with E-state index in [1.807, 2.05) is 18.2 Å². The van der Waals surface area contributed by atoms with Crippen molar-refractivity contribution >= 4 is 27.7 Å². The van der Waals surface area contributed by atoms with Gasteiger partial charge in [0.25, 0.3) is 0 Å². The Labute approximate surface area is 354 Å². The predicted molar refractivity (Wildman–Crippen MR) is 239 cm³/mol. The summed E-state index contributed by atoms with van der Waals surface area (Å²) in [6.07, 6.45) is 16.4. The molecule has 60 heavy (non-hydrogen) atoms. The van der Waals surface area contributed by atoms with Crippen LogP contribution in [0.4, 0.5) is 0 Å². The molecule has 14 rings (SSSR count). The first-order chi connectivity index (χ1) is 28.7. The van der Waals surface area contributed by atoms with Crippen molar-refractivity contribution in [2.45, 2.75) is 102 Å². The van der Waals surface area contributed by atoms with Crippen molar-refractivity contribution < 1.29 is 24.9 Å². The van der Waals surface area contributed by atoms with Crippen molar-refractivity contribution in [2.75, 3.05) is 0 Å². The number of rotatable bonds is 5. The zero-order chi connectivity index (χ0) is 40.3. The molecule has 8 aliphatic rings. The van der Waals surface area contributed by atoms with Gasteiger partial charge in [0.1, 0.15) is 11.5 Å². The van der Waals surface area contributed by atoms with Gasteiger partial charge in [-0.2, -0.15) is 9.59 Å². The fourth-order valence-corrected chi connectivity index (χ4v) is 14.1. The molecule has 0 amide bonds. The molecule has 0 heterocycles. The Hall–Kier alpha value is -5.22. The fourth-order valence-electron chi connectivity index (χ4n) is 14.1. The van der Waals surface area contributed by atoms with E-state index in [-0.39, 0.29) is 31.0 Å². The third-order valence-corrected chi connectivity index (χ3v) is 15.7. The summed E-state index contributed by atoms with van der Waals surface area (Å²) in [6.45, 7) is 0.0735. The van der Waals surface area contributed by atoms with Gasteiger partial charge in [-0.15, -0.1) is 0 Å². The maximum Gasteiger partial charge on any atom is 0.373 e. The highest BCUT2D eigenvalue weighted by Gasteiger charge is 2.53. The molecule has 8 aliphatic carbocycles. The molecule has 5 heteroatoms. The molecule has 0 saturated heterocycles. The average Bonchev–Trinajstić information content (AvgIpc) is 3.23. The van der Waals surface area contributed by atoms with Crippen LogP contribution in [0.25, 0.3) is 43.8 Å². The van der Waals surface area contributed by atoms with Crippen LogP contribution in [0.2, 0.25) is 0 Å². The Balaban J connectivity index is 0.000000143. The van der Waals surface area contributed by atoms with Crippen LogP contribution in [0.15, 0.2) is 115 Å². The molecule has 8 saturated carbocycles. The van der Waals surface area contributed by atoms with Crippen LogP contribution >= 0.6 is 0 Å². The van der Waals surface area contributed by atoms with Crippen LogP contribution in [0.5, 0.6) is 11.5 Å². The molecule has 8 fully saturated rings. The highest BCUT2D eigenvalue weighted by molar-refractivity contribution is 5.89. The summed E-state index contributed by atoms with van der Waals surface area (Å²) in [5, 5.41) is 35.9. The molecule has 6 aromatic rings. The van der Waals surface area contributed by atoms with Gasteiger partial charge in [0.15, 0.2) is 0 Å². The summed E-state index contributed by atoms with van der Waals surface area (Å²) in [7, 11) is 0. The van der Waals surface area contributed by atoms with E-state index in [9.17, 15) is 15.3 Å². The van der Waals surface area contributed by atoms with E-state index in [0.717, 1.165) is 46.5 Å². The monoisotopic (exact) mass is 798 g/mol. The summed E-state index contributed by atoms with van der Waals surface area (Å²) in [5.41, 5.74) is 8.68. The van der Waals surface area contributed by atoms with E-state index in [2.05, 4.69) is 97.1 Å². The fraction of sp³-hybridized carbons (Fsp3) is 0.400. The maximum atomic E-state index is 10.8. The van der Waals surface area contributed by atoms with Gasteiger partial charge < -0.3 is 15.3 Å². The van der Waals surface area contributed by atoms with Crippen molar-refractivity contribution in [2.24, 2.45) is 35.5 Å². The standard InChI is InChI=1S/C27H28O2.C26H26O.CO2.CH4/c28-16-17-1-2-22-11-23(4-3-21(22)10-17)24-5-6-26(29)25(12-24)27-13-18-7-19(14-27)9-20(8-18)15-27;27-25-8-7-23(22-6-5-20-3-1-2-4-21(20)12-22)13-24(25)26-14-17-9-18(15-26)11-19(10-17)16-26;2-1-3;/h1-6,10-12,18-20,28-29H,7-9,13-16H2;1-8,12-13,17-19,27H,9-11,14-16H2;;1H4. The van der Waals surface area contributed by atoms with Crippen LogP contribution in [0.3, 0.4) is 0 Å². The molecule has 0 atom stereocenters. The Bertz CT molecular complexity index is 2510. The molecule has 308 valence electrons. The second kappa shape index (κ2) is 16.0. The molecule has 5 nitrogen and oxygen atoms in total. The SMILES string of the molecule is C.O=C=O.OCc1ccc2cc(-c3ccc(O)c(C45CC6CC(CC(C6)C4)C5)c3)ccc2c1.Oc1ccc(-c2ccc3ccccc3c2)cc1C12CC3CC(CC(C3)C1)C2. The van der Waals surface area contributed by atoms with Crippen molar-refractivity contribution in [1.29, 1.82) is 0 Å². The lowest BCUT2D eigenvalue weighted by molar-refractivity contribution is -0.191. The second-order valence-electron chi connectivity index (χ2n) is 19.6. The maximum absolute atomic E-state index is 10.8. The van der Waals surface area contributed by atoms with E-state index in [4.69, 9.17) is 9.59 Å². The van der Waals surface area contributed by atoms with E-state index in [1.54, 1.807) is 0 Å². The number of hydrogen-bond donors (Lipinski definition) is 3. The summed E-state index contributed by atoms with van der Waals surface area (Å²) in [4.78, 5) is 16.2. The van der Waals surface area contributed by atoms with Gasteiger partial charge in [-0.1, -0.05) is 80.2 Å². The van der Waals surface area contributed by atoms with Crippen LogP contribution in [-0.2, 0) is 27.0 Å². The summed E-state index contributed by atoms with van der Waals surface area (Å²) in [6, 6.07) is 40.5. The number of fused-ring (bicyclic) bond motifs is 2. The largest absolute Gasteiger partial charge is 0.508 e. The van der Waals surface area contributed by atoms with Crippen molar-refractivity contribution in [3.05, 3.63) is 132 Å². The van der Waals surface area contributed by atoms with Gasteiger partial charge in [0, 0.05) is 11.1 Å². The smallest absolute Gasteiger partial charge is 0.373 e. The summed E-state index contributed by atoms with van der Waals surface area (Å²) >= 11 is 0. The van der Waals surface area contributed by atoms with E-state index >= 15 is 0 Å². The molecule has 0 aromatic heterocycles. The molecule has 0 spiro atoms. The number of aromatic hydroxyl groups is 2. The van der Waals surface area contributed by atoms with E-state index in [1.165, 1.54) is 127 Å². The molecule has 0 aliphatic heterocycles. The van der Waals surface area contributed by atoms with Gasteiger partial charge in [-0.05, 0) is 215 Å². The first-order valence-electron chi connectivity index (χ1n) is 22.0. The highest BCUT2D eigenvalue weighted by Crippen LogP contribution is 2.63. The first kappa shape index (κ1) is 40.2. The number of hydrogen-bond acceptors (Lipinski definition) is 5. The quantitative estimate of drug-likeness (QED) is 0.161. The van der Waals surface area contributed by atoms with Crippen LogP contribution < -0.4 is 0 Å². The number of phenols is 2. The molecule has 0 radical (unpaired) electrons. The molecular weight excluding hydrogens is 741 g/mol. The van der Waals surface area contributed by atoms with Crippen molar-refractivity contribution in [3.8, 4) is 33.8 Å². The van der Waals surface area contributed by atoms with Gasteiger partial charge >= 0.3 is 6.15 Å². The molecular formula is C55H58O5. The van der Waals surface area contributed by atoms with Crippen LogP contribution in [0, 0.1) is 35.5 Å². The molecule has 6 aromatic carbocycles. The van der Waals surface area contributed by atoms with Gasteiger partial charge in [-0.3, -0.25) is 0 Å². The van der Waals surface area contributed by atoms with Crippen LogP contribution in [0.1, 0.15) is 101 Å². The predicted octanol–water partition coefficient (Wildman–Crippen LogP) is 12.9. The third kappa shape index (κ3) is 7.35. The molecule has 3 N–H and O–H groups in total. The highest BCUT2D eigenvalue weighted by atomic mass is 16.3. The Kier molecular flexibility index (Phi) is 10.7. The van der Waals surface area contributed by atoms with E-state index in [0.29, 0.717) is 11.5 Å². The summed E-state index contributed by atoms with van der Waals surface area (Å²) < 4.78 is 0. The van der Waals surface area contributed by atoms with Crippen molar-refractivity contribution in [3.63, 3.8) is 0 Å². The number of benzene rings is 6. The third-order valence-electron chi connectivity index (χ3n) is 15.7. The van der Waals surface area contributed by atoms with Gasteiger partial charge in [0.05, 0.1) is 6.61 Å². The number of carbonyl (C=O) groups excluding carboxylic acids is 2. The molecule has 0 unspecified atom stereocenters. The minimum atomic E-state index is 0. The van der Waals surface area contributed by atoms with Gasteiger partial charge in [-0.25, -0.2) is 0 Å². The summed E-state index contributed by atoms with van der Waals surface area (Å²) in [5.74, 6) is 6.27. The number of aliphatic hydroxyl groups is 1. The topological polar surface area (TPSA) is 94.8 Å². The zero-order valence-corrected chi connectivity index (χ0v) is 33.8. The zero-order valence-electron chi connectivity index (χ0n) is 33.8. The minimum absolute atomic E-state index is 0. The van der Waals surface area contributed by atoms with Gasteiger partial charge in [0.2, 0.25) is 0 Å². The Morgan fingerprint density at radius 1 is 0.450 bits per heavy atom. The normalized spacial score (nSPS) is 28.9. The Morgan fingerprint density at radius 2 is 0.783 bits per heavy atom. The lowest BCUT2D eigenvalue weighted by Gasteiger charge is -2.57. The van der Waals surface area contributed by atoms with Crippen LogP contribution in [-0.4, -0.2) is 21.5 Å². The van der Waals surface area contributed by atoms with Crippen molar-refractivity contribution in [1.82, 2.24) is 0 Å². The number of phenolic OH excluding ortho intramolecular Hbond substituents is 2. The average molecular weight is 799 g/mol. The lowest BCUT2D eigenvalue weighted by atomic mass is 9.48. The minimum Gasteiger partial charge on any atom is -0.508 e. The number of aliphatic hydroxyl groups excluding tert-OH is 1. The lowest BCUT2D eigenvalue weighted by Crippen LogP contribution is -2.48. The van der Waals surface area contributed by atoms with E-state index < -0.39 is 0 Å².